The molecule has 3 amide bonds. The van der Waals surface area contributed by atoms with Gasteiger partial charge in [0, 0.05) is 32.5 Å². The van der Waals surface area contributed by atoms with Crippen molar-refractivity contribution in [2.75, 3.05) is 26.7 Å². The summed E-state index contributed by atoms with van der Waals surface area (Å²) in [6.45, 7) is 2.86. The van der Waals surface area contributed by atoms with E-state index in [1.54, 1.807) is 7.05 Å². The average Bonchev–Trinajstić information content (AvgIpc) is 3.35. The molecule has 2 rings (SSSR count). The first-order valence-corrected chi connectivity index (χ1v) is 11.2. The molecule has 0 saturated carbocycles. The molecule has 2 heterocycles. The van der Waals surface area contributed by atoms with Gasteiger partial charge in [-0.15, -0.1) is 0 Å². The monoisotopic (exact) mass is 423 g/mol. The van der Waals surface area contributed by atoms with Crippen molar-refractivity contribution in [1.82, 2.24) is 16.0 Å². The Hall–Kier alpha value is -2.09. The van der Waals surface area contributed by atoms with Crippen LogP contribution in [0.5, 0.6) is 0 Å². The molecular formula is C22H37N3O5. The van der Waals surface area contributed by atoms with E-state index in [1.807, 2.05) is 6.92 Å². The van der Waals surface area contributed by atoms with Crippen LogP contribution in [0.15, 0.2) is 12.2 Å². The Morgan fingerprint density at radius 3 is 2.53 bits per heavy atom. The van der Waals surface area contributed by atoms with Crippen LogP contribution in [0, 0.1) is 11.8 Å². The van der Waals surface area contributed by atoms with E-state index >= 15 is 0 Å². The third kappa shape index (κ3) is 7.97. The predicted molar refractivity (Wildman–Crippen MR) is 114 cm³/mol. The highest BCUT2D eigenvalue weighted by molar-refractivity contribution is 5.80. The number of fused-ring (bicyclic) bond motifs is 2. The van der Waals surface area contributed by atoms with Gasteiger partial charge >= 0.3 is 6.09 Å². The first-order valence-electron chi connectivity index (χ1n) is 11.2. The molecule has 0 spiro atoms. The van der Waals surface area contributed by atoms with E-state index in [-0.39, 0.29) is 36.5 Å². The van der Waals surface area contributed by atoms with Gasteiger partial charge in [0.15, 0.2) is 6.61 Å². The SMILES string of the molecule is CCCCNC(=O)OCC(=O)NC[C@@H]1[C@H](C/C=C\CCCC(=O)NC)[C@@H]2CC[C@H]1O2. The molecule has 0 aromatic carbocycles. The number of alkyl carbamates (subject to hydrolysis) is 1. The molecular weight excluding hydrogens is 386 g/mol. The van der Waals surface area contributed by atoms with Gasteiger partial charge in [-0.25, -0.2) is 4.79 Å². The second-order valence-corrected chi connectivity index (χ2v) is 8.05. The summed E-state index contributed by atoms with van der Waals surface area (Å²) in [5.74, 6) is 0.453. The summed E-state index contributed by atoms with van der Waals surface area (Å²) in [6.07, 6.45) is 11.4. The van der Waals surface area contributed by atoms with Gasteiger partial charge in [0.2, 0.25) is 5.91 Å². The van der Waals surface area contributed by atoms with Crippen LogP contribution in [0.3, 0.4) is 0 Å². The van der Waals surface area contributed by atoms with Crippen LogP contribution in [-0.4, -0.2) is 56.9 Å². The van der Waals surface area contributed by atoms with Crippen LogP contribution in [0.25, 0.3) is 0 Å². The lowest BCUT2D eigenvalue weighted by Gasteiger charge is -2.27. The third-order valence-electron chi connectivity index (χ3n) is 5.89. The quantitative estimate of drug-likeness (QED) is 0.311. The fourth-order valence-corrected chi connectivity index (χ4v) is 4.19. The van der Waals surface area contributed by atoms with E-state index in [9.17, 15) is 14.4 Å². The number of amides is 3. The molecule has 170 valence electrons. The minimum atomic E-state index is -0.554. The van der Waals surface area contributed by atoms with E-state index in [2.05, 4.69) is 28.1 Å². The summed E-state index contributed by atoms with van der Waals surface area (Å²) in [5.41, 5.74) is 0. The Bertz CT molecular complexity index is 595. The lowest BCUT2D eigenvalue weighted by Crippen LogP contribution is -2.40. The Morgan fingerprint density at radius 2 is 1.80 bits per heavy atom. The Kier molecular flexibility index (Phi) is 10.7. The maximum atomic E-state index is 12.1. The van der Waals surface area contributed by atoms with E-state index < -0.39 is 6.09 Å². The summed E-state index contributed by atoms with van der Waals surface area (Å²) >= 11 is 0. The van der Waals surface area contributed by atoms with Gasteiger partial charge < -0.3 is 25.4 Å². The van der Waals surface area contributed by atoms with E-state index in [0.29, 0.717) is 25.4 Å². The Labute approximate surface area is 179 Å². The molecule has 0 radical (unpaired) electrons. The zero-order valence-electron chi connectivity index (χ0n) is 18.3. The molecule has 0 unspecified atom stereocenters. The number of allylic oxidation sites excluding steroid dienone is 2. The second-order valence-electron chi connectivity index (χ2n) is 8.05. The Morgan fingerprint density at radius 1 is 1.03 bits per heavy atom. The summed E-state index contributed by atoms with van der Waals surface area (Å²) in [6, 6.07) is 0. The highest BCUT2D eigenvalue weighted by Crippen LogP contribution is 2.44. The predicted octanol–water partition coefficient (Wildman–Crippen LogP) is 2.29. The van der Waals surface area contributed by atoms with Crippen LogP contribution in [0.1, 0.15) is 58.3 Å². The Balaban J connectivity index is 1.67. The second kappa shape index (κ2) is 13.3. The maximum absolute atomic E-state index is 12.1. The molecule has 2 aliphatic rings. The molecule has 8 heteroatoms. The van der Waals surface area contributed by atoms with Gasteiger partial charge in [-0.2, -0.15) is 0 Å². The van der Waals surface area contributed by atoms with Gasteiger partial charge in [-0.3, -0.25) is 9.59 Å². The molecule has 4 atom stereocenters. The lowest BCUT2D eigenvalue weighted by molar-refractivity contribution is -0.124. The van der Waals surface area contributed by atoms with Crippen molar-refractivity contribution in [3.05, 3.63) is 12.2 Å². The molecule has 30 heavy (non-hydrogen) atoms. The number of carbonyl (C=O) groups excluding carboxylic acids is 3. The summed E-state index contributed by atoms with van der Waals surface area (Å²) in [5, 5.41) is 8.15. The van der Waals surface area contributed by atoms with Crippen molar-refractivity contribution in [1.29, 1.82) is 0 Å². The summed E-state index contributed by atoms with van der Waals surface area (Å²) < 4.78 is 11.0. The number of rotatable bonds is 13. The third-order valence-corrected chi connectivity index (χ3v) is 5.89. The number of unbranched alkanes of at least 4 members (excludes halogenated alkanes) is 2. The van der Waals surface area contributed by atoms with Gasteiger partial charge in [-0.1, -0.05) is 25.5 Å². The maximum Gasteiger partial charge on any atom is 0.407 e. The standard InChI is InChI=1S/C22H37N3O5/c1-3-4-13-24-22(28)29-15-21(27)25-14-17-16(18-11-12-19(17)30-18)9-7-5-6-8-10-20(26)23-2/h5,7,16-19H,3-4,6,8-15H2,1-2H3,(H,23,26)(H,24,28)(H,25,27)/b7-5-/t16-,17+,18-,19+/m0/s1. The van der Waals surface area contributed by atoms with Crippen molar-refractivity contribution in [2.45, 2.75) is 70.5 Å². The van der Waals surface area contributed by atoms with Crippen LogP contribution < -0.4 is 16.0 Å². The smallest absolute Gasteiger partial charge is 0.407 e. The molecule has 3 N–H and O–H groups in total. The van der Waals surface area contributed by atoms with E-state index in [4.69, 9.17) is 9.47 Å². The molecule has 0 aliphatic carbocycles. The molecule has 0 aromatic rings. The van der Waals surface area contributed by atoms with Crippen LogP contribution in [0.2, 0.25) is 0 Å². The van der Waals surface area contributed by atoms with E-state index in [1.165, 1.54) is 0 Å². The van der Waals surface area contributed by atoms with Crippen LogP contribution in [-0.2, 0) is 19.1 Å². The first kappa shape index (κ1) is 24.2. The molecule has 2 aliphatic heterocycles. The van der Waals surface area contributed by atoms with Crippen LogP contribution in [0.4, 0.5) is 4.79 Å². The fraction of sp³-hybridized carbons (Fsp3) is 0.773. The van der Waals surface area contributed by atoms with Crippen molar-refractivity contribution in [2.24, 2.45) is 11.8 Å². The van der Waals surface area contributed by atoms with Gasteiger partial charge in [0.05, 0.1) is 12.2 Å². The zero-order valence-corrected chi connectivity index (χ0v) is 18.3. The minimum Gasteiger partial charge on any atom is -0.439 e. The number of hydrogen-bond donors (Lipinski definition) is 3. The zero-order chi connectivity index (χ0) is 21.8. The fourth-order valence-electron chi connectivity index (χ4n) is 4.19. The minimum absolute atomic E-state index is 0.0723. The number of hydrogen-bond acceptors (Lipinski definition) is 5. The van der Waals surface area contributed by atoms with Crippen molar-refractivity contribution in [3.63, 3.8) is 0 Å². The van der Waals surface area contributed by atoms with Crippen LogP contribution >= 0.6 is 0 Å². The molecule has 2 saturated heterocycles. The molecule has 2 bridgehead atoms. The average molecular weight is 424 g/mol. The molecule has 0 aromatic heterocycles. The van der Waals surface area contributed by atoms with Crippen molar-refractivity contribution >= 4 is 17.9 Å². The van der Waals surface area contributed by atoms with E-state index in [0.717, 1.165) is 44.9 Å². The highest BCUT2D eigenvalue weighted by Gasteiger charge is 2.47. The van der Waals surface area contributed by atoms with Gasteiger partial charge in [-0.05, 0) is 44.4 Å². The normalized spacial score (nSPS) is 24.7. The summed E-state index contributed by atoms with van der Waals surface area (Å²) in [4.78, 5) is 34.8. The largest absolute Gasteiger partial charge is 0.439 e. The highest BCUT2D eigenvalue weighted by atomic mass is 16.6. The lowest BCUT2D eigenvalue weighted by atomic mass is 9.77. The van der Waals surface area contributed by atoms with Gasteiger partial charge in [0.1, 0.15) is 0 Å². The number of nitrogens with one attached hydrogen (secondary N) is 3. The molecule has 8 nitrogen and oxygen atoms in total. The number of ether oxygens (including phenoxy) is 2. The van der Waals surface area contributed by atoms with Crippen molar-refractivity contribution in [3.8, 4) is 0 Å². The first-order chi connectivity index (χ1) is 14.5. The number of carbonyl (C=O) groups is 3. The topological polar surface area (TPSA) is 106 Å². The molecule has 2 fully saturated rings. The van der Waals surface area contributed by atoms with Gasteiger partial charge in [0.25, 0.3) is 5.91 Å². The summed E-state index contributed by atoms with van der Waals surface area (Å²) in [7, 11) is 1.65. The van der Waals surface area contributed by atoms with Crippen molar-refractivity contribution < 1.29 is 23.9 Å².